The van der Waals surface area contributed by atoms with Gasteiger partial charge in [-0.15, -0.1) is 0 Å². The first-order chi connectivity index (χ1) is 10.4. The molecular formula is C17H18F2N2O. The van der Waals surface area contributed by atoms with Gasteiger partial charge in [0.25, 0.3) is 0 Å². The van der Waals surface area contributed by atoms with Crippen LogP contribution in [-0.4, -0.2) is 12.5 Å². The van der Waals surface area contributed by atoms with Crippen LogP contribution in [0.15, 0.2) is 30.3 Å². The number of halogens is 2. The molecule has 5 heteroatoms. The summed E-state index contributed by atoms with van der Waals surface area (Å²) >= 11 is 0. The molecule has 0 aliphatic carbocycles. The summed E-state index contributed by atoms with van der Waals surface area (Å²) in [5.41, 5.74) is 4.24. The molecule has 0 fully saturated rings. The molecule has 1 amide bonds. The van der Waals surface area contributed by atoms with Gasteiger partial charge >= 0.3 is 0 Å². The predicted molar refractivity (Wildman–Crippen MR) is 84.1 cm³/mol. The molecule has 0 atom stereocenters. The van der Waals surface area contributed by atoms with Crippen LogP contribution in [0.1, 0.15) is 16.7 Å². The normalized spacial score (nSPS) is 10.4. The molecule has 0 saturated carbocycles. The van der Waals surface area contributed by atoms with Crippen LogP contribution in [0.3, 0.4) is 0 Å². The van der Waals surface area contributed by atoms with E-state index in [9.17, 15) is 13.6 Å². The Hall–Kier alpha value is -2.43. The van der Waals surface area contributed by atoms with E-state index in [2.05, 4.69) is 10.6 Å². The molecule has 0 heterocycles. The number of carbonyl (C=O) groups excluding carboxylic acids is 1. The summed E-state index contributed by atoms with van der Waals surface area (Å²) in [5, 5.41) is 5.60. The number of hydrogen-bond acceptors (Lipinski definition) is 2. The van der Waals surface area contributed by atoms with Gasteiger partial charge in [0.05, 0.1) is 6.54 Å². The number of aryl methyl sites for hydroxylation is 3. The second-order valence-electron chi connectivity index (χ2n) is 5.30. The molecule has 2 N–H and O–H groups in total. The highest BCUT2D eigenvalue weighted by Gasteiger charge is 2.09. The van der Waals surface area contributed by atoms with Gasteiger partial charge in [0.2, 0.25) is 5.91 Å². The number of benzene rings is 2. The minimum absolute atomic E-state index is 0.0299. The first-order valence-corrected chi connectivity index (χ1v) is 6.93. The van der Waals surface area contributed by atoms with Crippen LogP contribution >= 0.6 is 0 Å². The van der Waals surface area contributed by atoms with Crippen LogP contribution in [0.2, 0.25) is 0 Å². The Balaban J connectivity index is 2.00. The Morgan fingerprint density at radius 1 is 1.00 bits per heavy atom. The summed E-state index contributed by atoms with van der Waals surface area (Å²) in [6.07, 6.45) is 0. The molecule has 2 aromatic carbocycles. The number of amides is 1. The molecule has 2 aromatic rings. The molecule has 0 aliphatic heterocycles. The van der Waals surface area contributed by atoms with E-state index in [0.717, 1.165) is 34.5 Å². The number of carbonyl (C=O) groups is 1. The summed E-state index contributed by atoms with van der Waals surface area (Å²) in [6.45, 7) is 5.82. The zero-order valence-electron chi connectivity index (χ0n) is 12.8. The van der Waals surface area contributed by atoms with Crippen LogP contribution in [0.25, 0.3) is 0 Å². The average molecular weight is 304 g/mol. The maximum atomic E-state index is 13.1. The summed E-state index contributed by atoms with van der Waals surface area (Å²) < 4.78 is 25.9. The molecule has 0 unspecified atom stereocenters. The standard InChI is InChI=1S/C17H18F2N2O/c1-10-6-11(2)17(12(3)7-10)21-16(22)9-20-13-4-5-14(18)15(19)8-13/h4-8,20H,9H2,1-3H3,(H,21,22). The van der Waals surface area contributed by atoms with E-state index in [1.165, 1.54) is 6.07 Å². The van der Waals surface area contributed by atoms with E-state index in [1.807, 2.05) is 32.9 Å². The van der Waals surface area contributed by atoms with Gasteiger partial charge in [0.15, 0.2) is 11.6 Å². The topological polar surface area (TPSA) is 41.1 Å². The smallest absolute Gasteiger partial charge is 0.243 e. The summed E-state index contributed by atoms with van der Waals surface area (Å²) in [6, 6.07) is 7.40. The number of nitrogens with one attached hydrogen (secondary N) is 2. The van der Waals surface area contributed by atoms with Crippen molar-refractivity contribution in [3.8, 4) is 0 Å². The Bertz CT molecular complexity index is 691. The molecule has 0 aliphatic rings. The quantitative estimate of drug-likeness (QED) is 0.898. The summed E-state index contributed by atoms with van der Waals surface area (Å²) in [7, 11) is 0. The van der Waals surface area contributed by atoms with Crippen molar-refractivity contribution in [1.29, 1.82) is 0 Å². The van der Waals surface area contributed by atoms with E-state index in [0.29, 0.717) is 5.69 Å². The lowest BCUT2D eigenvalue weighted by Crippen LogP contribution is -2.22. The monoisotopic (exact) mass is 304 g/mol. The van der Waals surface area contributed by atoms with Gasteiger partial charge in [0, 0.05) is 17.4 Å². The van der Waals surface area contributed by atoms with Crippen molar-refractivity contribution in [2.75, 3.05) is 17.2 Å². The van der Waals surface area contributed by atoms with Gasteiger partial charge < -0.3 is 10.6 Å². The molecule has 0 saturated heterocycles. The zero-order chi connectivity index (χ0) is 16.3. The molecule has 116 valence electrons. The van der Waals surface area contributed by atoms with Crippen LogP contribution in [0.4, 0.5) is 20.2 Å². The van der Waals surface area contributed by atoms with Crippen molar-refractivity contribution in [2.45, 2.75) is 20.8 Å². The molecular weight excluding hydrogens is 286 g/mol. The van der Waals surface area contributed by atoms with E-state index >= 15 is 0 Å². The van der Waals surface area contributed by atoms with Crippen LogP contribution < -0.4 is 10.6 Å². The Labute approximate surface area is 128 Å². The van der Waals surface area contributed by atoms with Gasteiger partial charge in [0.1, 0.15) is 0 Å². The molecule has 2 rings (SSSR count). The third kappa shape index (κ3) is 3.81. The summed E-state index contributed by atoms with van der Waals surface area (Å²) in [5.74, 6) is -2.11. The first-order valence-electron chi connectivity index (χ1n) is 6.93. The Morgan fingerprint density at radius 2 is 1.64 bits per heavy atom. The fraction of sp³-hybridized carbons (Fsp3) is 0.235. The van der Waals surface area contributed by atoms with Crippen molar-refractivity contribution in [1.82, 2.24) is 0 Å². The lowest BCUT2D eigenvalue weighted by Gasteiger charge is -2.13. The van der Waals surface area contributed by atoms with E-state index in [4.69, 9.17) is 0 Å². The highest BCUT2D eigenvalue weighted by molar-refractivity contribution is 5.95. The highest BCUT2D eigenvalue weighted by Crippen LogP contribution is 2.21. The average Bonchev–Trinajstić information content (AvgIpc) is 2.44. The van der Waals surface area contributed by atoms with Gasteiger partial charge in [-0.2, -0.15) is 0 Å². The van der Waals surface area contributed by atoms with E-state index < -0.39 is 11.6 Å². The minimum atomic E-state index is -0.948. The third-order valence-electron chi connectivity index (χ3n) is 3.31. The number of rotatable bonds is 4. The number of anilines is 2. The van der Waals surface area contributed by atoms with Crippen LogP contribution in [-0.2, 0) is 4.79 Å². The Kier molecular flexibility index (Phi) is 4.75. The van der Waals surface area contributed by atoms with E-state index in [-0.39, 0.29) is 12.5 Å². The van der Waals surface area contributed by atoms with Crippen molar-refractivity contribution in [3.05, 3.63) is 58.7 Å². The highest BCUT2D eigenvalue weighted by atomic mass is 19.2. The molecule has 3 nitrogen and oxygen atoms in total. The van der Waals surface area contributed by atoms with Crippen molar-refractivity contribution in [3.63, 3.8) is 0 Å². The first kappa shape index (κ1) is 15.9. The molecule has 22 heavy (non-hydrogen) atoms. The van der Waals surface area contributed by atoms with E-state index in [1.54, 1.807) is 0 Å². The predicted octanol–water partition coefficient (Wildman–Crippen LogP) is 3.94. The second-order valence-corrected chi connectivity index (χ2v) is 5.30. The number of hydrogen-bond donors (Lipinski definition) is 2. The molecule has 0 radical (unpaired) electrons. The van der Waals surface area contributed by atoms with Gasteiger partial charge in [-0.1, -0.05) is 17.7 Å². The Morgan fingerprint density at radius 3 is 2.23 bits per heavy atom. The zero-order valence-corrected chi connectivity index (χ0v) is 12.8. The maximum Gasteiger partial charge on any atom is 0.243 e. The van der Waals surface area contributed by atoms with Crippen molar-refractivity contribution < 1.29 is 13.6 Å². The molecule has 0 aromatic heterocycles. The fourth-order valence-electron chi connectivity index (χ4n) is 2.35. The lowest BCUT2D eigenvalue weighted by molar-refractivity contribution is -0.114. The fourth-order valence-corrected chi connectivity index (χ4v) is 2.35. The summed E-state index contributed by atoms with van der Waals surface area (Å²) in [4.78, 5) is 12.0. The second kappa shape index (κ2) is 6.56. The third-order valence-corrected chi connectivity index (χ3v) is 3.31. The SMILES string of the molecule is Cc1cc(C)c(NC(=O)CNc2ccc(F)c(F)c2)c(C)c1. The van der Waals surface area contributed by atoms with Gasteiger partial charge in [-0.05, 0) is 44.0 Å². The lowest BCUT2D eigenvalue weighted by atomic mass is 10.1. The molecule has 0 bridgehead atoms. The largest absolute Gasteiger partial charge is 0.376 e. The maximum absolute atomic E-state index is 13.1. The molecule has 0 spiro atoms. The van der Waals surface area contributed by atoms with Crippen LogP contribution in [0, 0.1) is 32.4 Å². The van der Waals surface area contributed by atoms with Gasteiger partial charge in [-0.3, -0.25) is 4.79 Å². The van der Waals surface area contributed by atoms with Crippen molar-refractivity contribution >= 4 is 17.3 Å². The van der Waals surface area contributed by atoms with Crippen molar-refractivity contribution in [2.24, 2.45) is 0 Å². The minimum Gasteiger partial charge on any atom is -0.376 e. The van der Waals surface area contributed by atoms with Gasteiger partial charge in [-0.25, -0.2) is 8.78 Å². The van der Waals surface area contributed by atoms with Crippen LogP contribution in [0.5, 0.6) is 0 Å².